The number of rotatable bonds is 5. The Bertz CT molecular complexity index is 597. The van der Waals surface area contributed by atoms with Gasteiger partial charge in [0.05, 0.1) is 16.8 Å². The Labute approximate surface area is 121 Å². The quantitative estimate of drug-likeness (QED) is 0.863. The first-order chi connectivity index (χ1) is 9.15. The second-order valence-corrected chi connectivity index (χ2v) is 5.52. The summed E-state index contributed by atoms with van der Waals surface area (Å²) in [5.74, 6) is 0.371. The lowest BCUT2D eigenvalue weighted by molar-refractivity contribution is -0.118. The number of hydrogen-bond acceptors (Lipinski definition) is 3. The summed E-state index contributed by atoms with van der Waals surface area (Å²) in [6.45, 7) is 3.00. The highest BCUT2D eigenvalue weighted by Crippen LogP contribution is 2.26. The van der Waals surface area contributed by atoms with Crippen molar-refractivity contribution in [3.63, 3.8) is 0 Å². The van der Waals surface area contributed by atoms with Gasteiger partial charge in [0.15, 0.2) is 5.16 Å². The van der Waals surface area contributed by atoms with E-state index in [2.05, 4.69) is 21.8 Å². The first-order valence-corrected chi connectivity index (χ1v) is 7.51. The predicted molar refractivity (Wildman–Crippen MR) is 79.8 cm³/mol. The molecule has 2 aromatic rings. The van der Waals surface area contributed by atoms with E-state index < -0.39 is 0 Å². The largest absolute Gasteiger partial charge is 0.358 e. The maximum absolute atomic E-state index is 11.3. The van der Waals surface area contributed by atoms with Gasteiger partial charge < -0.3 is 9.88 Å². The predicted octanol–water partition coefficient (Wildman–Crippen LogP) is 2.94. The maximum atomic E-state index is 11.3. The van der Waals surface area contributed by atoms with Gasteiger partial charge in [0.2, 0.25) is 5.91 Å². The van der Waals surface area contributed by atoms with E-state index in [9.17, 15) is 4.79 Å². The molecule has 0 bridgehead atoms. The molecular weight excluding hydrogens is 282 g/mol. The number of aromatic nitrogens is 2. The first-order valence-electron chi connectivity index (χ1n) is 6.15. The molecule has 1 aromatic heterocycles. The molecule has 1 N–H and O–H groups in total. The summed E-state index contributed by atoms with van der Waals surface area (Å²) >= 11 is 7.44. The topological polar surface area (TPSA) is 46.9 Å². The van der Waals surface area contributed by atoms with Crippen molar-refractivity contribution < 1.29 is 4.79 Å². The van der Waals surface area contributed by atoms with Crippen LogP contribution >= 0.6 is 23.4 Å². The third-order valence-corrected chi connectivity index (χ3v) is 3.95. The smallest absolute Gasteiger partial charge is 0.230 e. The summed E-state index contributed by atoms with van der Waals surface area (Å²) in [7, 11) is 1.64. The molecule has 0 aliphatic carbocycles. The summed E-state index contributed by atoms with van der Waals surface area (Å²) in [5, 5.41) is 4.15. The Morgan fingerprint density at radius 2 is 2.32 bits per heavy atom. The number of hydrogen-bond donors (Lipinski definition) is 1. The third kappa shape index (κ3) is 3.22. The molecule has 2 rings (SSSR count). The zero-order chi connectivity index (χ0) is 13.8. The van der Waals surface area contributed by atoms with Crippen LogP contribution in [0.3, 0.4) is 0 Å². The van der Waals surface area contributed by atoms with Gasteiger partial charge >= 0.3 is 0 Å². The van der Waals surface area contributed by atoms with Crippen LogP contribution in [0.15, 0.2) is 23.4 Å². The number of nitrogens with one attached hydrogen (secondary N) is 1. The summed E-state index contributed by atoms with van der Waals surface area (Å²) in [5.41, 5.74) is 1.94. The zero-order valence-electron chi connectivity index (χ0n) is 10.9. The van der Waals surface area contributed by atoms with Crippen LogP contribution in [-0.2, 0) is 11.3 Å². The van der Waals surface area contributed by atoms with Crippen LogP contribution in [0.1, 0.15) is 13.3 Å². The van der Waals surface area contributed by atoms with Crippen LogP contribution in [-0.4, -0.2) is 28.3 Å². The van der Waals surface area contributed by atoms with E-state index in [1.807, 2.05) is 18.2 Å². The van der Waals surface area contributed by atoms with E-state index >= 15 is 0 Å². The first kappa shape index (κ1) is 14.2. The number of amides is 1. The Kier molecular flexibility index (Phi) is 4.71. The molecule has 0 saturated carbocycles. The Balaban J connectivity index is 2.35. The van der Waals surface area contributed by atoms with Crippen LogP contribution in [0, 0.1) is 0 Å². The molecule has 0 fully saturated rings. The summed E-state index contributed by atoms with van der Waals surface area (Å²) in [6, 6.07) is 5.70. The standard InChI is InChI=1S/C13H16ClN3OS/c1-3-6-17-11-5-4-9(14)7-10(11)16-13(17)19-8-12(18)15-2/h4-5,7H,3,6,8H2,1-2H3,(H,15,18). The number of thioether (sulfide) groups is 1. The fourth-order valence-corrected chi connectivity index (χ4v) is 2.91. The van der Waals surface area contributed by atoms with Gasteiger partial charge in [0, 0.05) is 18.6 Å². The van der Waals surface area contributed by atoms with E-state index in [0.717, 1.165) is 29.2 Å². The molecule has 0 aliphatic rings. The van der Waals surface area contributed by atoms with Crippen molar-refractivity contribution >= 4 is 40.3 Å². The van der Waals surface area contributed by atoms with Crippen LogP contribution in [0.4, 0.5) is 0 Å². The van der Waals surface area contributed by atoms with Crippen LogP contribution < -0.4 is 5.32 Å². The minimum Gasteiger partial charge on any atom is -0.358 e. The lowest BCUT2D eigenvalue weighted by atomic mass is 10.3. The second-order valence-electron chi connectivity index (χ2n) is 4.14. The third-order valence-electron chi connectivity index (χ3n) is 2.73. The van der Waals surface area contributed by atoms with E-state index in [-0.39, 0.29) is 5.91 Å². The van der Waals surface area contributed by atoms with Gasteiger partial charge in [-0.2, -0.15) is 0 Å². The SMILES string of the molecule is CCCn1c(SCC(=O)NC)nc2cc(Cl)ccc21. The molecule has 0 spiro atoms. The van der Waals surface area contributed by atoms with E-state index in [1.54, 1.807) is 7.05 Å². The van der Waals surface area contributed by atoms with Crippen LogP contribution in [0.5, 0.6) is 0 Å². The number of benzene rings is 1. The molecule has 6 heteroatoms. The zero-order valence-corrected chi connectivity index (χ0v) is 12.5. The highest BCUT2D eigenvalue weighted by atomic mass is 35.5. The number of halogens is 1. The van der Waals surface area contributed by atoms with Crippen LogP contribution in [0.2, 0.25) is 5.02 Å². The fraction of sp³-hybridized carbons (Fsp3) is 0.385. The van der Waals surface area contributed by atoms with Gasteiger partial charge in [-0.1, -0.05) is 30.3 Å². The normalized spacial score (nSPS) is 10.9. The average Bonchev–Trinajstić information content (AvgIpc) is 2.73. The molecule has 1 heterocycles. The molecule has 0 radical (unpaired) electrons. The molecule has 1 aromatic carbocycles. The molecule has 0 atom stereocenters. The van der Waals surface area contributed by atoms with E-state index in [0.29, 0.717) is 10.8 Å². The maximum Gasteiger partial charge on any atom is 0.230 e. The van der Waals surface area contributed by atoms with Crippen molar-refractivity contribution in [1.29, 1.82) is 0 Å². The fourth-order valence-electron chi connectivity index (χ4n) is 1.83. The van der Waals surface area contributed by atoms with E-state index in [4.69, 9.17) is 11.6 Å². The average molecular weight is 298 g/mol. The number of imidazole rings is 1. The lowest BCUT2D eigenvalue weighted by Gasteiger charge is -2.06. The second kappa shape index (κ2) is 6.30. The summed E-state index contributed by atoms with van der Waals surface area (Å²) < 4.78 is 2.14. The molecule has 0 aliphatic heterocycles. The van der Waals surface area contributed by atoms with Gasteiger partial charge in [-0.25, -0.2) is 4.98 Å². The van der Waals surface area contributed by atoms with Crippen molar-refractivity contribution in [3.8, 4) is 0 Å². The van der Waals surface area contributed by atoms with Gasteiger partial charge in [-0.05, 0) is 24.6 Å². The Morgan fingerprint density at radius 1 is 1.53 bits per heavy atom. The van der Waals surface area contributed by atoms with E-state index in [1.165, 1.54) is 11.8 Å². The Hall–Kier alpha value is -1.20. The van der Waals surface area contributed by atoms with Crippen LogP contribution in [0.25, 0.3) is 11.0 Å². The molecule has 0 unspecified atom stereocenters. The number of aryl methyl sites for hydroxylation is 1. The van der Waals surface area contributed by atoms with Crippen molar-refractivity contribution in [2.75, 3.05) is 12.8 Å². The highest BCUT2D eigenvalue weighted by molar-refractivity contribution is 7.99. The van der Waals surface area contributed by atoms with Crippen molar-refractivity contribution in [3.05, 3.63) is 23.2 Å². The monoisotopic (exact) mass is 297 g/mol. The number of fused-ring (bicyclic) bond motifs is 1. The van der Waals surface area contributed by atoms with Crippen molar-refractivity contribution in [2.24, 2.45) is 0 Å². The van der Waals surface area contributed by atoms with Gasteiger partial charge in [0.25, 0.3) is 0 Å². The number of carbonyl (C=O) groups is 1. The molecule has 1 amide bonds. The Morgan fingerprint density at radius 3 is 3.00 bits per heavy atom. The number of carbonyl (C=O) groups excluding carboxylic acids is 1. The lowest BCUT2D eigenvalue weighted by Crippen LogP contribution is -2.20. The molecule has 19 heavy (non-hydrogen) atoms. The molecule has 0 saturated heterocycles. The molecule has 4 nitrogen and oxygen atoms in total. The highest BCUT2D eigenvalue weighted by Gasteiger charge is 2.12. The minimum atomic E-state index is -0.00173. The summed E-state index contributed by atoms with van der Waals surface area (Å²) in [6.07, 6.45) is 1.02. The number of nitrogens with zero attached hydrogens (tertiary/aromatic N) is 2. The molecule has 102 valence electrons. The van der Waals surface area contributed by atoms with Gasteiger partial charge in [-0.15, -0.1) is 0 Å². The van der Waals surface area contributed by atoms with Crippen molar-refractivity contribution in [2.45, 2.75) is 25.0 Å². The van der Waals surface area contributed by atoms with Gasteiger partial charge in [-0.3, -0.25) is 4.79 Å². The molecular formula is C13H16ClN3OS. The van der Waals surface area contributed by atoms with Gasteiger partial charge in [0.1, 0.15) is 0 Å². The summed E-state index contributed by atoms with van der Waals surface area (Å²) in [4.78, 5) is 15.9. The minimum absolute atomic E-state index is 0.00173. The van der Waals surface area contributed by atoms with Crippen molar-refractivity contribution in [1.82, 2.24) is 14.9 Å².